The van der Waals surface area contributed by atoms with E-state index in [2.05, 4.69) is 50.6 Å². The molecule has 4 aliphatic heterocycles. The highest BCUT2D eigenvalue weighted by molar-refractivity contribution is 6.10. The zero-order chi connectivity index (χ0) is 27.1. The van der Waals surface area contributed by atoms with E-state index in [0.717, 1.165) is 50.4 Å². The summed E-state index contributed by atoms with van der Waals surface area (Å²) in [6.45, 7) is 8.48. The Morgan fingerprint density at radius 1 is 1.05 bits per heavy atom. The number of carbonyl (C=O) groups excluding carboxylic acids is 3. The predicted molar refractivity (Wildman–Crippen MR) is 144 cm³/mol. The number of nitrogens with one attached hydrogen (secondary N) is 3. The first-order valence-electron chi connectivity index (χ1n) is 13.3. The number of likely N-dealkylation sites (N-methyl/N-ethyl adjacent to an activating group) is 1. The van der Waals surface area contributed by atoms with E-state index in [1.165, 1.54) is 11.1 Å². The van der Waals surface area contributed by atoms with Crippen molar-refractivity contribution in [2.75, 3.05) is 46.4 Å². The number of urea groups is 1. The van der Waals surface area contributed by atoms with Crippen LogP contribution in [0.1, 0.15) is 45.7 Å². The molecule has 2 aromatic rings. The number of hydrogen-bond donors (Lipinski definition) is 3. The molecule has 4 aliphatic rings. The lowest BCUT2D eigenvalue weighted by atomic mass is 9.98. The van der Waals surface area contributed by atoms with Crippen molar-refractivity contribution < 1.29 is 19.1 Å². The van der Waals surface area contributed by atoms with Gasteiger partial charge < -0.3 is 19.9 Å². The molecule has 2 atom stereocenters. The Labute approximate surface area is 227 Å². The second-order valence-electron chi connectivity index (χ2n) is 10.4. The van der Waals surface area contributed by atoms with Gasteiger partial charge in [-0.1, -0.05) is 30.9 Å². The van der Waals surface area contributed by atoms with Crippen LogP contribution >= 0.6 is 0 Å². The fourth-order valence-electron chi connectivity index (χ4n) is 5.87. The number of piperazine rings is 1. The fraction of sp³-hybridized carbons (Fsp3) is 0.414. The van der Waals surface area contributed by atoms with E-state index in [0.29, 0.717) is 17.9 Å². The van der Waals surface area contributed by atoms with Gasteiger partial charge in [0.25, 0.3) is 11.8 Å². The van der Waals surface area contributed by atoms with E-state index in [1.54, 1.807) is 24.1 Å². The molecule has 10 heteroatoms. The normalized spacial score (nSPS) is 24.6. The zero-order valence-electron chi connectivity index (χ0n) is 22.2. The third kappa shape index (κ3) is 4.63. The van der Waals surface area contributed by atoms with Gasteiger partial charge in [0.15, 0.2) is 0 Å². The van der Waals surface area contributed by atoms with Crippen molar-refractivity contribution in [3.63, 3.8) is 0 Å². The Morgan fingerprint density at radius 3 is 2.59 bits per heavy atom. The molecule has 0 radical (unpaired) electrons. The summed E-state index contributed by atoms with van der Waals surface area (Å²) < 4.78 is 5.25. The maximum Gasteiger partial charge on any atom is 0.323 e. The standard InChI is InChI=1S/C29H32N6O4/c1-3-33-10-12-34(13-11-33)25-23-7-4-19(14-21(23)16-30-25)8-9-29(27(37)31-28(38)32-29)18-35-17-20-5-6-22(39-2)15-24(20)26(35)36/h4-7,14-15,25,30H,3,10-13,16-18H2,1-2H3,(H2,31,32,37,38)/t25?,29-/m1/s1. The molecule has 39 heavy (non-hydrogen) atoms. The van der Waals surface area contributed by atoms with Crippen LogP contribution in [0.25, 0.3) is 0 Å². The molecule has 10 nitrogen and oxygen atoms in total. The Kier molecular flexibility index (Phi) is 6.51. The molecule has 1 unspecified atom stereocenters. The summed E-state index contributed by atoms with van der Waals surface area (Å²) in [4.78, 5) is 44.8. The predicted octanol–water partition coefficient (Wildman–Crippen LogP) is 1.02. The summed E-state index contributed by atoms with van der Waals surface area (Å²) in [5.41, 5.74) is 3.00. The number of hydrogen-bond acceptors (Lipinski definition) is 7. The van der Waals surface area contributed by atoms with Crippen LogP contribution in [0.2, 0.25) is 0 Å². The molecule has 0 saturated carbocycles. The topological polar surface area (TPSA) is 106 Å². The van der Waals surface area contributed by atoms with Crippen LogP contribution in [-0.4, -0.2) is 84.5 Å². The van der Waals surface area contributed by atoms with Crippen LogP contribution in [0.3, 0.4) is 0 Å². The van der Waals surface area contributed by atoms with E-state index in [9.17, 15) is 14.4 Å². The van der Waals surface area contributed by atoms with Crippen molar-refractivity contribution in [2.45, 2.75) is 31.7 Å². The third-order valence-electron chi connectivity index (χ3n) is 8.13. The molecular formula is C29H32N6O4. The van der Waals surface area contributed by atoms with Crippen molar-refractivity contribution in [1.29, 1.82) is 0 Å². The van der Waals surface area contributed by atoms with Crippen molar-refractivity contribution in [1.82, 2.24) is 30.7 Å². The van der Waals surface area contributed by atoms with Crippen LogP contribution in [0.15, 0.2) is 36.4 Å². The number of ether oxygens (including phenoxy) is 1. The van der Waals surface area contributed by atoms with E-state index >= 15 is 0 Å². The fourth-order valence-corrected chi connectivity index (χ4v) is 5.87. The molecule has 4 heterocycles. The summed E-state index contributed by atoms with van der Waals surface area (Å²) in [5.74, 6) is 5.93. The lowest BCUT2D eigenvalue weighted by molar-refractivity contribution is -0.122. The van der Waals surface area contributed by atoms with Gasteiger partial charge in [-0.15, -0.1) is 0 Å². The maximum atomic E-state index is 13.1. The summed E-state index contributed by atoms with van der Waals surface area (Å²) in [6, 6.07) is 10.8. The average molecular weight is 529 g/mol. The van der Waals surface area contributed by atoms with Gasteiger partial charge in [-0.25, -0.2) is 4.79 Å². The number of methoxy groups -OCH3 is 1. The SMILES string of the molecule is CCN1CCN(C2NCc3cc(C#C[C@]4(CN5Cc6ccc(OC)cc6C5=O)NC(=O)NC4=O)ccc32)CC1. The van der Waals surface area contributed by atoms with Crippen LogP contribution < -0.4 is 20.7 Å². The minimum atomic E-state index is -1.54. The molecule has 202 valence electrons. The van der Waals surface area contributed by atoms with Gasteiger partial charge in [-0.2, -0.15) is 0 Å². The molecule has 0 bridgehead atoms. The van der Waals surface area contributed by atoms with Crippen LogP contribution in [-0.2, 0) is 17.9 Å². The van der Waals surface area contributed by atoms with Crippen LogP contribution in [0.5, 0.6) is 5.75 Å². The number of fused-ring (bicyclic) bond motifs is 2. The molecule has 4 amide bonds. The Morgan fingerprint density at radius 2 is 1.87 bits per heavy atom. The smallest absolute Gasteiger partial charge is 0.323 e. The first-order valence-corrected chi connectivity index (χ1v) is 13.3. The highest BCUT2D eigenvalue weighted by Gasteiger charge is 2.48. The van der Waals surface area contributed by atoms with E-state index in [4.69, 9.17) is 4.74 Å². The second kappa shape index (κ2) is 10.0. The van der Waals surface area contributed by atoms with E-state index in [-0.39, 0.29) is 18.6 Å². The number of amides is 4. The van der Waals surface area contributed by atoms with Gasteiger partial charge in [0.05, 0.1) is 19.8 Å². The number of benzene rings is 2. The summed E-state index contributed by atoms with van der Waals surface area (Å²) >= 11 is 0. The summed E-state index contributed by atoms with van der Waals surface area (Å²) in [7, 11) is 1.55. The second-order valence-corrected chi connectivity index (χ2v) is 10.4. The Hall–Kier alpha value is -3.91. The van der Waals surface area contributed by atoms with Gasteiger partial charge in [0.2, 0.25) is 5.54 Å². The van der Waals surface area contributed by atoms with Gasteiger partial charge >= 0.3 is 6.03 Å². The molecule has 2 aromatic carbocycles. The van der Waals surface area contributed by atoms with Gasteiger partial charge in [-0.3, -0.25) is 25.1 Å². The monoisotopic (exact) mass is 528 g/mol. The quantitative estimate of drug-likeness (QED) is 0.393. The van der Waals surface area contributed by atoms with Gasteiger partial charge in [0, 0.05) is 50.4 Å². The molecule has 0 spiro atoms. The highest BCUT2D eigenvalue weighted by atomic mass is 16.5. The number of nitrogens with zero attached hydrogens (tertiary/aromatic N) is 3. The minimum absolute atomic E-state index is 0.0638. The molecule has 6 rings (SSSR count). The number of carbonyl (C=O) groups is 3. The van der Waals surface area contributed by atoms with Crippen molar-refractivity contribution in [3.8, 4) is 17.6 Å². The molecule has 0 aromatic heterocycles. The molecule has 0 aliphatic carbocycles. The summed E-state index contributed by atoms with van der Waals surface area (Å²) in [5, 5.41) is 8.60. The summed E-state index contributed by atoms with van der Waals surface area (Å²) in [6.07, 6.45) is 0.189. The van der Waals surface area contributed by atoms with Crippen LogP contribution in [0.4, 0.5) is 4.79 Å². The van der Waals surface area contributed by atoms with Crippen LogP contribution in [0, 0.1) is 11.8 Å². The molecule has 3 N–H and O–H groups in total. The zero-order valence-corrected chi connectivity index (χ0v) is 22.2. The lowest BCUT2D eigenvalue weighted by Crippen LogP contribution is -2.54. The van der Waals surface area contributed by atoms with Gasteiger partial charge in [0.1, 0.15) is 5.75 Å². The minimum Gasteiger partial charge on any atom is -0.497 e. The largest absolute Gasteiger partial charge is 0.497 e. The number of imide groups is 1. The molecular weight excluding hydrogens is 496 g/mol. The van der Waals surface area contributed by atoms with E-state index in [1.807, 2.05) is 18.2 Å². The maximum absolute atomic E-state index is 13.1. The molecule has 2 fully saturated rings. The molecule has 2 saturated heterocycles. The lowest BCUT2D eigenvalue weighted by Gasteiger charge is -2.37. The Balaban J connectivity index is 1.22. The average Bonchev–Trinajstić information content (AvgIpc) is 3.60. The first kappa shape index (κ1) is 25.4. The van der Waals surface area contributed by atoms with E-state index < -0.39 is 17.5 Å². The third-order valence-corrected chi connectivity index (χ3v) is 8.13. The van der Waals surface area contributed by atoms with Crippen molar-refractivity contribution in [2.24, 2.45) is 0 Å². The Bertz CT molecular complexity index is 1410. The van der Waals surface area contributed by atoms with Crippen molar-refractivity contribution in [3.05, 3.63) is 64.2 Å². The van der Waals surface area contributed by atoms with Gasteiger partial charge in [-0.05, 0) is 47.5 Å². The number of rotatable bonds is 5. The van der Waals surface area contributed by atoms with Crippen molar-refractivity contribution >= 4 is 17.8 Å². The highest BCUT2D eigenvalue weighted by Crippen LogP contribution is 2.31. The first-order chi connectivity index (χ1) is 18.9.